The smallest absolute Gasteiger partial charge is 0.262 e. The number of hydrogen-bond acceptors (Lipinski definition) is 3. The van der Waals surface area contributed by atoms with Crippen LogP contribution in [0.25, 0.3) is 0 Å². The number of amides is 1. The van der Waals surface area contributed by atoms with Crippen molar-refractivity contribution in [2.45, 2.75) is 0 Å². The maximum Gasteiger partial charge on any atom is 0.262 e. The van der Waals surface area contributed by atoms with E-state index in [0.29, 0.717) is 22.0 Å². The van der Waals surface area contributed by atoms with Gasteiger partial charge >= 0.3 is 0 Å². The highest BCUT2D eigenvalue weighted by atomic mass is 79.9. The zero-order chi connectivity index (χ0) is 15.2. The van der Waals surface area contributed by atoms with Gasteiger partial charge in [-0.1, -0.05) is 27.5 Å². The Morgan fingerprint density at radius 3 is 2.62 bits per heavy atom. The Bertz CT molecular complexity index is 696. The molecule has 0 aliphatic carbocycles. The third-order valence-electron chi connectivity index (χ3n) is 2.56. The van der Waals surface area contributed by atoms with Crippen molar-refractivity contribution in [3.05, 3.63) is 57.5 Å². The van der Waals surface area contributed by atoms with Gasteiger partial charge in [-0.3, -0.25) is 4.79 Å². The number of carbonyl (C=O) groups excluding carboxylic acids is 1. The van der Waals surface area contributed by atoms with E-state index >= 15 is 0 Å². The van der Waals surface area contributed by atoms with Crippen molar-refractivity contribution >= 4 is 39.1 Å². The Morgan fingerprint density at radius 2 is 2.00 bits per heavy atom. The van der Waals surface area contributed by atoms with Crippen molar-refractivity contribution in [1.82, 2.24) is 0 Å². The SMILES string of the molecule is N#Cc1ccc(OCC(=O)Nc2ccc(Br)cc2)cc1Cl. The van der Waals surface area contributed by atoms with Crippen LogP contribution in [0.4, 0.5) is 5.69 Å². The summed E-state index contributed by atoms with van der Waals surface area (Å²) in [6.07, 6.45) is 0. The molecule has 0 saturated heterocycles. The van der Waals surface area contributed by atoms with Gasteiger partial charge in [-0.05, 0) is 36.4 Å². The molecule has 1 N–H and O–H groups in total. The average Bonchev–Trinajstić information content (AvgIpc) is 2.48. The Balaban J connectivity index is 1.91. The topological polar surface area (TPSA) is 62.1 Å². The standard InChI is InChI=1S/C15H10BrClN2O2/c16-11-2-4-12(5-3-11)19-15(20)9-21-13-6-1-10(8-18)14(17)7-13/h1-7H,9H2,(H,19,20). The zero-order valence-electron chi connectivity index (χ0n) is 10.8. The lowest BCUT2D eigenvalue weighted by Crippen LogP contribution is -2.20. The second-order valence-corrected chi connectivity index (χ2v) is 5.42. The van der Waals surface area contributed by atoms with E-state index in [1.165, 1.54) is 6.07 Å². The molecule has 1 amide bonds. The van der Waals surface area contributed by atoms with Crippen LogP contribution < -0.4 is 10.1 Å². The number of nitrogens with one attached hydrogen (secondary N) is 1. The third kappa shape index (κ3) is 4.48. The van der Waals surface area contributed by atoms with E-state index in [0.717, 1.165) is 4.47 Å². The van der Waals surface area contributed by atoms with Crippen molar-refractivity contribution < 1.29 is 9.53 Å². The molecule has 106 valence electrons. The lowest BCUT2D eigenvalue weighted by molar-refractivity contribution is -0.118. The first kappa shape index (κ1) is 15.4. The fourth-order valence-corrected chi connectivity index (χ4v) is 2.03. The van der Waals surface area contributed by atoms with E-state index in [-0.39, 0.29) is 12.5 Å². The van der Waals surface area contributed by atoms with Gasteiger partial charge in [0.25, 0.3) is 5.91 Å². The molecule has 6 heteroatoms. The highest BCUT2D eigenvalue weighted by molar-refractivity contribution is 9.10. The van der Waals surface area contributed by atoms with Gasteiger partial charge in [0, 0.05) is 16.2 Å². The molecule has 0 aliphatic rings. The molecule has 0 fully saturated rings. The fraction of sp³-hybridized carbons (Fsp3) is 0.0667. The molecule has 0 aromatic heterocycles. The second kappa shape index (κ2) is 7.11. The normalized spacial score (nSPS) is 9.76. The number of benzene rings is 2. The number of ether oxygens (including phenoxy) is 1. The lowest BCUT2D eigenvalue weighted by atomic mass is 10.2. The average molecular weight is 366 g/mol. The number of carbonyl (C=O) groups is 1. The van der Waals surface area contributed by atoms with Crippen LogP contribution in [0, 0.1) is 11.3 Å². The molecule has 0 aliphatic heterocycles. The Kier molecular flexibility index (Phi) is 5.20. The molecule has 21 heavy (non-hydrogen) atoms. The molecule has 2 rings (SSSR count). The summed E-state index contributed by atoms with van der Waals surface area (Å²) in [7, 11) is 0. The van der Waals surface area contributed by atoms with Crippen molar-refractivity contribution in [2.75, 3.05) is 11.9 Å². The minimum absolute atomic E-state index is 0.141. The number of halogens is 2. The van der Waals surface area contributed by atoms with Crippen LogP contribution in [0.1, 0.15) is 5.56 Å². The molecular weight excluding hydrogens is 356 g/mol. The first-order valence-corrected chi connectivity index (χ1v) is 7.13. The maximum atomic E-state index is 11.7. The summed E-state index contributed by atoms with van der Waals surface area (Å²) >= 11 is 9.20. The maximum absolute atomic E-state index is 11.7. The van der Waals surface area contributed by atoms with Crippen LogP contribution in [0.2, 0.25) is 5.02 Å². The van der Waals surface area contributed by atoms with E-state index in [2.05, 4.69) is 21.2 Å². The Morgan fingerprint density at radius 1 is 1.29 bits per heavy atom. The van der Waals surface area contributed by atoms with Gasteiger partial charge in [-0.2, -0.15) is 5.26 Å². The molecule has 4 nitrogen and oxygen atoms in total. The van der Waals surface area contributed by atoms with E-state index < -0.39 is 0 Å². The highest BCUT2D eigenvalue weighted by Gasteiger charge is 2.06. The van der Waals surface area contributed by atoms with E-state index in [1.807, 2.05) is 18.2 Å². The highest BCUT2D eigenvalue weighted by Crippen LogP contribution is 2.22. The van der Waals surface area contributed by atoms with Crippen molar-refractivity contribution in [1.29, 1.82) is 5.26 Å². The molecule has 0 unspecified atom stereocenters. The minimum Gasteiger partial charge on any atom is -0.484 e. The monoisotopic (exact) mass is 364 g/mol. The van der Waals surface area contributed by atoms with Gasteiger partial charge in [0.1, 0.15) is 11.8 Å². The molecule has 2 aromatic rings. The molecular formula is C15H10BrClN2O2. The van der Waals surface area contributed by atoms with Crippen molar-refractivity contribution in [3.63, 3.8) is 0 Å². The predicted octanol–water partition coefficient (Wildman–Crippen LogP) is 3.99. The summed E-state index contributed by atoms with van der Waals surface area (Å²) in [5, 5.41) is 11.8. The number of nitriles is 1. The van der Waals surface area contributed by atoms with Gasteiger partial charge in [0.2, 0.25) is 0 Å². The number of anilines is 1. The molecule has 0 atom stereocenters. The lowest BCUT2D eigenvalue weighted by Gasteiger charge is -2.08. The summed E-state index contributed by atoms with van der Waals surface area (Å²) in [6.45, 7) is -0.141. The molecule has 2 aromatic carbocycles. The number of hydrogen-bond donors (Lipinski definition) is 1. The number of rotatable bonds is 4. The molecule has 0 saturated carbocycles. The van der Waals surface area contributed by atoms with Gasteiger partial charge in [0.15, 0.2) is 6.61 Å². The first-order valence-electron chi connectivity index (χ1n) is 5.96. The summed E-state index contributed by atoms with van der Waals surface area (Å²) in [5.41, 5.74) is 1.05. The summed E-state index contributed by atoms with van der Waals surface area (Å²) in [6, 6.07) is 13.8. The van der Waals surface area contributed by atoms with Crippen LogP contribution in [0.3, 0.4) is 0 Å². The summed E-state index contributed by atoms with van der Waals surface area (Å²) < 4.78 is 6.26. The zero-order valence-corrected chi connectivity index (χ0v) is 13.1. The van der Waals surface area contributed by atoms with Gasteiger partial charge < -0.3 is 10.1 Å². The van der Waals surface area contributed by atoms with E-state index in [4.69, 9.17) is 21.6 Å². The Labute approximate surface area is 135 Å². The minimum atomic E-state index is -0.280. The van der Waals surface area contributed by atoms with Crippen LogP contribution >= 0.6 is 27.5 Å². The van der Waals surface area contributed by atoms with Crippen molar-refractivity contribution in [3.8, 4) is 11.8 Å². The second-order valence-electron chi connectivity index (χ2n) is 4.10. The van der Waals surface area contributed by atoms with E-state index in [9.17, 15) is 4.79 Å². The molecule has 0 spiro atoms. The third-order valence-corrected chi connectivity index (χ3v) is 3.40. The quantitative estimate of drug-likeness (QED) is 0.891. The fourth-order valence-electron chi connectivity index (χ4n) is 1.56. The van der Waals surface area contributed by atoms with Crippen LogP contribution in [0.15, 0.2) is 46.9 Å². The van der Waals surface area contributed by atoms with Gasteiger partial charge in [-0.25, -0.2) is 0 Å². The first-order chi connectivity index (χ1) is 10.1. The summed E-state index contributed by atoms with van der Waals surface area (Å²) in [5.74, 6) is 0.155. The van der Waals surface area contributed by atoms with E-state index in [1.54, 1.807) is 24.3 Å². The molecule has 0 radical (unpaired) electrons. The number of nitrogens with zero attached hydrogens (tertiary/aromatic N) is 1. The van der Waals surface area contributed by atoms with Crippen LogP contribution in [0.5, 0.6) is 5.75 Å². The molecule has 0 heterocycles. The summed E-state index contributed by atoms with van der Waals surface area (Å²) in [4.78, 5) is 11.7. The predicted molar refractivity (Wildman–Crippen MR) is 84.4 cm³/mol. The molecule has 0 bridgehead atoms. The van der Waals surface area contributed by atoms with Crippen LogP contribution in [-0.4, -0.2) is 12.5 Å². The van der Waals surface area contributed by atoms with Gasteiger partial charge in [0.05, 0.1) is 10.6 Å². The van der Waals surface area contributed by atoms with Crippen LogP contribution in [-0.2, 0) is 4.79 Å². The van der Waals surface area contributed by atoms with Crippen molar-refractivity contribution in [2.24, 2.45) is 0 Å². The Hall–Kier alpha value is -2.03. The largest absolute Gasteiger partial charge is 0.484 e. The van der Waals surface area contributed by atoms with Gasteiger partial charge in [-0.15, -0.1) is 0 Å².